The predicted octanol–water partition coefficient (Wildman–Crippen LogP) is 5.22. The molecule has 1 N–H and O–H groups in total. The fourth-order valence-electron chi connectivity index (χ4n) is 3.49. The van der Waals surface area contributed by atoms with Crippen LogP contribution in [0.3, 0.4) is 0 Å². The molecule has 0 bridgehead atoms. The van der Waals surface area contributed by atoms with Crippen molar-refractivity contribution in [2.45, 2.75) is 58.4 Å². The van der Waals surface area contributed by atoms with Gasteiger partial charge in [-0.05, 0) is 55.3 Å². The number of halogens is 2. The van der Waals surface area contributed by atoms with E-state index in [4.69, 9.17) is 0 Å². The minimum atomic E-state index is -0.761. The maximum absolute atomic E-state index is 13.5. The Hall–Kier alpha value is -0.960. The molecule has 118 valence electrons. The lowest BCUT2D eigenvalue weighted by molar-refractivity contribution is 0.218. The number of hydrogen-bond donors (Lipinski definition) is 1. The molecule has 0 aromatic heterocycles. The third-order valence-corrected chi connectivity index (χ3v) is 4.86. The van der Waals surface area contributed by atoms with Crippen molar-refractivity contribution in [1.82, 2.24) is 5.32 Å². The fourth-order valence-corrected chi connectivity index (χ4v) is 3.49. The van der Waals surface area contributed by atoms with Gasteiger partial charge in [0.1, 0.15) is 0 Å². The molecule has 1 fully saturated rings. The lowest BCUT2D eigenvalue weighted by Gasteiger charge is -2.34. The maximum Gasteiger partial charge on any atom is 0.159 e. The monoisotopic (exact) mass is 295 g/mol. The van der Waals surface area contributed by atoms with Crippen LogP contribution in [0.5, 0.6) is 0 Å². The number of benzene rings is 1. The summed E-state index contributed by atoms with van der Waals surface area (Å²) in [5, 5.41) is 3.55. The van der Waals surface area contributed by atoms with Gasteiger partial charge in [0.15, 0.2) is 11.6 Å². The zero-order chi connectivity index (χ0) is 15.2. The summed E-state index contributed by atoms with van der Waals surface area (Å²) < 4.78 is 26.7. The summed E-state index contributed by atoms with van der Waals surface area (Å²) in [5.74, 6) is -0.122. The van der Waals surface area contributed by atoms with Crippen LogP contribution in [-0.2, 0) is 0 Å². The van der Waals surface area contributed by atoms with E-state index in [9.17, 15) is 8.78 Å². The molecule has 3 heteroatoms. The Balaban J connectivity index is 2.12. The molecule has 21 heavy (non-hydrogen) atoms. The van der Waals surface area contributed by atoms with Crippen LogP contribution in [0.4, 0.5) is 8.78 Å². The van der Waals surface area contributed by atoms with Crippen LogP contribution in [0.2, 0.25) is 0 Å². The molecule has 1 aromatic rings. The minimum absolute atomic E-state index is 0.151. The molecule has 1 aliphatic carbocycles. The fraction of sp³-hybridized carbons (Fsp3) is 0.667. The molecule has 0 heterocycles. The van der Waals surface area contributed by atoms with Crippen molar-refractivity contribution in [3.05, 3.63) is 35.4 Å². The third kappa shape index (κ3) is 4.26. The highest BCUT2D eigenvalue weighted by Gasteiger charge is 2.28. The Morgan fingerprint density at radius 2 is 1.81 bits per heavy atom. The van der Waals surface area contributed by atoms with Crippen LogP contribution >= 0.6 is 0 Å². The topological polar surface area (TPSA) is 12.0 Å². The van der Waals surface area contributed by atoms with Gasteiger partial charge in [-0.15, -0.1) is 0 Å². The highest BCUT2D eigenvalue weighted by atomic mass is 19.2. The molecule has 0 aliphatic heterocycles. The van der Waals surface area contributed by atoms with Crippen molar-refractivity contribution < 1.29 is 8.78 Å². The van der Waals surface area contributed by atoms with E-state index < -0.39 is 11.6 Å². The molecule has 1 saturated carbocycles. The van der Waals surface area contributed by atoms with Crippen molar-refractivity contribution in [1.29, 1.82) is 0 Å². The van der Waals surface area contributed by atoms with Crippen LogP contribution in [0, 0.1) is 23.5 Å². The second kappa shape index (κ2) is 7.88. The predicted molar refractivity (Wildman–Crippen MR) is 83.1 cm³/mol. The second-order valence-electron chi connectivity index (χ2n) is 6.29. The smallest absolute Gasteiger partial charge is 0.159 e. The molecule has 1 aromatic carbocycles. The largest absolute Gasteiger partial charge is 0.310 e. The second-order valence-corrected chi connectivity index (χ2v) is 6.29. The Kier molecular flexibility index (Phi) is 6.16. The summed E-state index contributed by atoms with van der Waals surface area (Å²) in [7, 11) is 0. The molecule has 1 nitrogen and oxygen atoms in total. The summed E-state index contributed by atoms with van der Waals surface area (Å²) in [4.78, 5) is 0. The molecule has 2 rings (SSSR count). The zero-order valence-electron chi connectivity index (χ0n) is 13.2. The molecular weight excluding hydrogens is 268 g/mol. The van der Waals surface area contributed by atoms with Crippen molar-refractivity contribution >= 4 is 0 Å². The molecular formula is C18H27F2N. The van der Waals surface area contributed by atoms with Gasteiger partial charge in [0.05, 0.1) is 0 Å². The molecule has 1 atom stereocenters. The summed E-state index contributed by atoms with van der Waals surface area (Å²) in [5.41, 5.74) is 0.891. The normalized spacial score (nSPS) is 24.0. The van der Waals surface area contributed by atoms with E-state index in [-0.39, 0.29) is 6.04 Å². The summed E-state index contributed by atoms with van der Waals surface area (Å²) in [6, 6.07) is 4.51. The first-order chi connectivity index (χ1) is 10.2. The molecule has 0 spiro atoms. The van der Waals surface area contributed by atoms with Gasteiger partial charge >= 0.3 is 0 Å². The van der Waals surface area contributed by atoms with Crippen LogP contribution in [0.15, 0.2) is 18.2 Å². The number of nitrogens with one attached hydrogen (secondary N) is 1. The highest BCUT2D eigenvalue weighted by Crippen LogP contribution is 2.38. The van der Waals surface area contributed by atoms with Crippen LogP contribution in [0.1, 0.15) is 64.0 Å². The number of hydrogen-bond acceptors (Lipinski definition) is 1. The molecule has 0 radical (unpaired) electrons. The van der Waals surface area contributed by atoms with Crippen molar-refractivity contribution in [3.8, 4) is 0 Å². The average Bonchev–Trinajstić information content (AvgIpc) is 2.51. The Labute approximate surface area is 127 Å². The van der Waals surface area contributed by atoms with Crippen molar-refractivity contribution in [3.63, 3.8) is 0 Å². The first-order valence-electron chi connectivity index (χ1n) is 8.34. The van der Waals surface area contributed by atoms with E-state index in [0.29, 0.717) is 5.92 Å². The number of rotatable bonds is 6. The lowest BCUT2D eigenvalue weighted by Crippen LogP contribution is -2.31. The van der Waals surface area contributed by atoms with E-state index in [1.807, 2.05) is 0 Å². The van der Waals surface area contributed by atoms with Gasteiger partial charge in [0, 0.05) is 6.04 Å². The third-order valence-electron chi connectivity index (χ3n) is 4.86. The molecule has 1 aliphatic rings. The van der Waals surface area contributed by atoms with Gasteiger partial charge < -0.3 is 5.32 Å². The van der Waals surface area contributed by atoms with Crippen molar-refractivity contribution in [2.24, 2.45) is 11.8 Å². The van der Waals surface area contributed by atoms with E-state index in [2.05, 4.69) is 19.2 Å². The summed E-state index contributed by atoms with van der Waals surface area (Å²) in [6.07, 6.45) is 7.18. The summed E-state index contributed by atoms with van der Waals surface area (Å²) >= 11 is 0. The van der Waals surface area contributed by atoms with Gasteiger partial charge in [0.25, 0.3) is 0 Å². The SMILES string of the molecule is CCCNC(c1ccc(F)c(F)c1)C1CCC(CC)CC1. The van der Waals surface area contributed by atoms with Gasteiger partial charge in [-0.25, -0.2) is 8.78 Å². The zero-order valence-corrected chi connectivity index (χ0v) is 13.2. The van der Waals surface area contributed by atoms with Crippen LogP contribution in [-0.4, -0.2) is 6.54 Å². The van der Waals surface area contributed by atoms with E-state index in [1.54, 1.807) is 6.07 Å². The lowest BCUT2D eigenvalue weighted by atomic mass is 9.76. The van der Waals surface area contributed by atoms with Gasteiger partial charge in [-0.1, -0.05) is 39.2 Å². The van der Waals surface area contributed by atoms with Crippen LogP contribution < -0.4 is 5.32 Å². The van der Waals surface area contributed by atoms with Gasteiger partial charge in [-0.2, -0.15) is 0 Å². The van der Waals surface area contributed by atoms with Gasteiger partial charge in [-0.3, -0.25) is 0 Å². The van der Waals surface area contributed by atoms with Crippen molar-refractivity contribution in [2.75, 3.05) is 6.54 Å². The standard InChI is InChI=1S/C18H27F2N/c1-3-11-21-18(14-7-5-13(4-2)6-8-14)15-9-10-16(19)17(20)12-15/h9-10,12-14,18,21H,3-8,11H2,1-2H3. The van der Waals surface area contributed by atoms with E-state index >= 15 is 0 Å². The Morgan fingerprint density at radius 3 is 2.38 bits per heavy atom. The quantitative estimate of drug-likeness (QED) is 0.758. The maximum atomic E-state index is 13.5. The Morgan fingerprint density at radius 1 is 1.10 bits per heavy atom. The molecule has 0 saturated heterocycles. The minimum Gasteiger partial charge on any atom is -0.310 e. The first kappa shape index (κ1) is 16.4. The van der Waals surface area contributed by atoms with E-state index in [1.165, 1.54) is 44.2 Å². The van der Waals surface area contributed by atoms with E-state index in [0.717, 1.165) is 24.4 Å². The molecule has 1 unspecified atom stereocenters. The average molecular weight is 295 g/mol. The molecule has 0 amide bonds. The first-order valence-corrected chi connectivity index (χ1v) is 8.34. The highest BCUT2D eigenvalue weighted by molar-refractivity contribution is 5.22. The Bertz CT molecular complexity index is 439. The summed E-state index contributed by atoms with van der Waals surface area (Å²) in [6.45, 7) is 5.30. The van der Waals surface area contributed by atoms with Crippen LogP contribution in [0.25, 0.3) is 0 Å². The van der Waals surface area contributed by atoms with Gasteiger partial charge in [0.2, 0.25) is 0 Å².